The Kier molecular flexibility index (Phi) is 4.67. The molecule has 2 aromatic heterocycles. The molecule has 0 unspecified atom stereocenters. The summed E-state index contributed by atoms with van der Waals surface area (Å²) in [5, 5.41) is 7.97. The molecule has 42 heavy (non-hydrogen) atoms. The second kappa shape index (κ2) is 8.37. The molecule has 6 aromatic carbocycles. The number of hydrogen-bond donors (Lipinski definition) is 0. The highest BCUT2D eigenvalue weighted by Gasteiger charge is 2.39. The average molecular weight is 538 g/mol. The van der Waals surface area contributed by atoms with Crippen LogP contribution in [0.1, 0.15) is 25.0 Å². The van der Waals surface area contributed by atoms with Crippen molar-refractivity contribution in [3.63, 3.8) is 0 Å². The standard InChI is InChI=1S/C39H27N3/c1-39(2)36-28-18-16-26(24-12-14-25(15-13-24)34-23-42-21-7-20-40-38(42)41-34)22-27(28)17-19-33(36)35-31-10-5-3-8-29(31)30-9-4-6-11-32(30)37(35)39/h3-23H,1-2H3. The second-order valence-electron chi connectivity index (χ2n) is 11.9. The SMILES string of the molecule is CC1(C)c2c(ccc3cc(-c4ccc(-c5cn6cccnc6n5)cc4)ccc23)-c2c1c1ccccc1c1ccccc21. The molecule has 0 saturated heterocycles. The highest BCUT2D eigenvalue weighted by molar-refractivity contribution is 6.19. The first kappa shape index (κ1) is 23.4. The number of hydrogen-bond acceptors (Lipinski definition) is 2. The molecule has 1 aliphatic carbocycles. The molecular formula is C39H27N3. The first-order valence-electron chi connectivity index (χ1n) is 14.5. The van der Waals surface area contributed by atoms with E-state index in [1.807, 2.05) is 22.9 Å². The molecule has 1 aliphatic rings. The number of rotatable bonds is 2. The molecule has 2 heterocycles. The topological polar surface area (TPSA) is 30.2 Å². The molecule has 0 N–H and O–H groups in total. The van der Waals surface area contributed by atoms with E-state index in [0.717, 1.165) is 11.3 Å². The van der Waals surface area contributed by atoms with Crippen molar-refractivity contribution in [3.8, 4) is 33.5 Å². The molecule has 0 spiro atoms. The quantitative estimate of drug-likeness (QED) is 0.205. The van der Waals surface area contributed by atoms with Crippen LogP contribution in [0, 0.1) is 0 Å². The fraction of sp³-hybridized carbons (Fsp3) is 0.0769. The van der Waals surface area contributed by atoms with Gasteiger partial charge >= 0.3 is 0 Å². The predicted molar refractivity (Wildman–Crippen MR) is 174 cm³/mol. The summed E-state index contributed by atoms with van der Waals surface area (Å²) >= 11 is 0. The number of imidazole rings is 1. The first-order chi connectivity index (χ1) is 20.6. The maximum absolute atomic E-state index is 4.68. The molecular weight excluding hydrogens is 510 g/mol. The summed E-state index contributed by atoms with van der Waals surface area (Å²) in [7, 11) is 0. The van der Waals surface area contributed by atoms with Gasteiger partial charge in [-0.1, -0.05) is 111 Å². The Morgan fingerprint density at radius 2 is 1.29 bits per heavy atom. The lowest BCUT2D eigenvalue weighted by Gasteiger charge is -2.25. The van der Waals surface area contributed by atoms with Crippen LogP contribution in [0.4, 0.5) is 0 Å². The van der Waals surface area contributed by atoms with Crippen LogP contribution >= 0.6 is 0 Å². The molecule has 0 aliphatic heterocycles. The average Bonchev–Trinajstić information content (AvgIpc) is 3.58. The third kappa shape index (κ3) is 3.16. The van der Waals surface area contributed by atoms with Gasteiger partial charge in [0, 0.05) is 29.6 Å². The Hall–Kier alpha value is -5.28. The van der Waals surface area contributed by atoms with Gasteiger partial charge in [0.05, 0.1) is 5.69 Å². The van der Waals surface area contributed by atoms with E-state index in [1.165, 1.54) is 65.7 Å². The van der Waals surface area contributed by atoms with Crippen LogP contribution in [0.15, 0.2) is 128 Å². The molecule has 0 saturated carbocycles. The summed E-state index contributed by atoms with van der Waals surface area (Å²) in [4.78, 5) is 9.03. The summed E-state index contributed by atoms with van der Waals surface area (Å²) in [6, 6.07) is 40.1. The minimum Gasteiger partial charge on any atom is -0.291 e. The Morgan fingerprint density at radius 3 is 2.07 bits per heavy atom. The van der Waals surface area contributed by atoms with Gasteiger partial charge in [-0.15, -0.1) is 0 Å². The lowest BCUT2D eigenvalue weighted by molar-refractivity contribution is 0.672. The number of nitrogens with zero attached hydrogens (tertiary/aromatic N) is 3. The highest BCUT2D eigenvalue weighted by Crippen LogP contribution is 2.56. The van der Waals surface area contributed by atoms with Crippen LogP contribution in [0.2, 0.25) is 0 Å². The van der Waals surface area contributed by atoms with Crippen molar-refractivity contribution in [2.75, 3.05) is 0 Å². The minimum absolute atomic E-state index is 0.125. The van der Waals surface area contributed by atoms with Crippen LogP contribution < -0.4 is 0 Å². The van der Waals surface area contributed by atoms with Crippen LogP contribution in [-0.4, -0.2) is 14.4 Å². The van der Waals surface area contributed by atoms with E-state index in [0.29, 0.717) is 5.78 Å². The Labute approximate surface area is 243 Å². The first-order valence-corrected chi connectivity index (χ1v) is 14.5. The molecule has 8 aromatic rings. The van der Waals surface area contributed by atoms with E-state index in [9.17, 15) is 0 Å². The second-order valence-corrected chi connectivity index (χ2v) is 11.9. The molecule has 3 nitrogen and oxygen atoms in total. The molecule has 0 bridgehead atoms. The van der Waals surface area contributed by atoms with E-state index in [-0.39, 0.29) is 5.41 Å². The van der Waals surface area contributed by atoms with Gasteiger partial charge in [0.25, 0.3) is 0 Å². The largest absolute Gasteiger partial charge is 0.291 e. The van der Waals surface area contributed by atoms with Crippen molar-refractivity contribution in [1.29, 1.82) is 0 Å². The van der Waals surface area contributed by atoms with E-state index >= 15 is 0 Å². The van der Waals surface area contributed by atoms with Crippen molar-refractivity contribution >= 4 is 38.1 Å². The van der Waals surface area contributed by atoms with Gasteiger partial charge in [-0.3, -0.25) is 4.40 Å². The molecule has 0 fully saturated rings. The summed E-state index contributed by atoms with van der Waals surface area (Å²) in [6.45, 7) is 4.81. The molecule has 3 heteroatoms. The number of aromatic nitrogens is 3. The maximum Gasteiger partial charge on any atom is 0.234 e. The molecule has 0 radical (unpaired) electrons. The normalized spacial score (nSPS) is 13.7. The summed E-state index contributed by atoms with van der Waals surface area (Å²) < 4.78 is 1.95. The summed E-state index contributed by atoms with van der Waals surface area (Å²) in [5.41, 5.74) is 9.94. The van der Waals surface area contributed by atoms with Gasteiger partial charge in [-0.25, -0.2) is 9.97 Å². The van der Waals surface area contributed by atoms with Crippen LogP contribution in [0.5, 0.6) is 0 Å². The number of benzene rings is 6. The highest BCUT2D eigenvalue weighted by atomic mass is 15.1. The summed E-state index contributed by atoms with van der Waals surface area (Å²) in [5.74, 6) is 0.713. The van der Waals surface area contributed by atoms with Gasteiger partial charge < -0.3 is 0 Å². The third-order valence-electron chi connectivity index (χ3n) is 9.22. The third-order valence-corrected chi connectivity index (χ3v) is 9.22. The van der Waals surface area contributed by atoms with Crippen molar-refractivity contribution in [2.45, 2.75) is 19.3 Å². The predicted octanol–water partition coefficient (Wildman–Crippen LogP) is 9.83. The minimum atomic E-state index is -0.125. The van der Waals surface area contributed by atoms with Crippen LogP contribution in [-0.2, 0) is 5.41 Å². The van der Waals surface area contributed by atoms with E-state index < -0.39 is 0 Å². The van der Waals surface area contributed by atoms with Crippen molar-refractivity contribution in [3.05, 3.63) is 139 Å². The van der Waals surface area contributed by atoms with Crippen LogP contribution in [0.25, 0.3) is 71.6 Å². The van der Waals surface area contributed by atoms with Gasteiger partial charge in [0.1, 0.15) is 0 Å². The van der Waals surface area contributed by atoms with E-state index in [2.05, 4.69) is 127 Å². The zero-order chi connectivity index (χ0) is 28.0. The molecule has 198 valence electrons. The van der Waals surface area contributed by atoms with Crippen molar-refractivity contribution in [1.82, 2.24) is 14.4 Å². The van der Waals surface area contributed by atoms with E-state index in [1.54, 1.807) is 6.20 Å². The smallest absolute Gasteiger partial charge is 0.234 e. The van der Waals surface area contributed by atoms with Crippen molar-refractivity contribution < 1.29 is 0 Å². The summed E-state index contributed by atoms with van der Waals surface area (Å²) in [6.07, 6.45) is 5.78. The molecule has 0 atom stereocenters. The lowest BCUT2D eigenvalue weighted by Crippen LogP contribution is -2.16. The zero-order valence-electron chi connectivity index (χ0n) is 23.5. The Morgan fingerprint density at radius 1 is 0.595 bits per heavy atom. The molecule has 0 amide bonds. The number of fused-ring (bicyclic) bond motifs is 11. The fourth-order valence-electron chi connectivity index (χ4n) is 7.39. The van der Waals surface area contributed by atoms with Gasteiger partial charge in [-0.05, 0) is 77.8 Å². The lowest BCUT2D eigenvalue weighted by atomic mass is 9.77. The monoisotopic (exact) mass is 537 g/mol. The fourth-order valence-corrected chi connectivity index (χ4v) is 7.39. The van der Waals surface area contributed by atoms with Gasteiger partial charge in [0.2, 0.25) is 5.78 Å². The van der Waals surface area contributed by atoms with Crippen LogP contribution in [0.3, 0.4) is 0 Å². The molecule has 9 rings (SSSR count). The van der Waals surface area contributed by atoms with Gasteiger partial charge in [0.15, 0.2) is 0 Å². The Balaban J connectivity index is 1.18. The van der Waals surface area contributed by atoms with Crippen molar-refractivity contribution in [2.24, 2.45) is 0 Å². The maximum atomic E-state index is 4.68. The zero-order valence-corrected chi connectivity index (χ0v) is 23.5. The van der Waals surface area contributed by atoms with Gasteiger partial charge in [-0.2, -0.15) is 0 Å². The van der Waals surface area contributed by atoms with E-state index in [4.69, 9.17) is 0 Å². The Bertz CT molecular complexity index is 2340.